The number of rotatable bonds is 5. The molecule has 5 nitrogen and oxygen atoms in total. The standard InChI is InChI=1S/C17H20N2O3/c1-11-10-12(2)19-17(22)15(11)16(21)18-9-8-14(20)13-6-4-3-5-7-13/h3-7,10,14,20H,8-9H2,1-2H3,(H,18,21)(H,19,22). The van der Waals surface area contributed by atoms with Crippen molar-refractivity contribution in [1.82, 2.24) is 10.3 Å². The molecule has 1 heterocycles. The molecule has 116 valence electrons. The van der Waals surface area contributed by atoms with Gasteiger partial charge in [0.2, 0.25) is 0 Å². The Labute approximate surface area is 129 Å². The Hall–Kier alpha value is -2.40. The number of carbonyl (C=O) groups is 1. The van der Waals surface area contributed by atoms with Gasteiger partial charge in [-0.15, -0.1) is 0 Å². The highest BCUT2D eigenvalue weighted by atomic mass is 16.3. The summed E-state index contributed by atoms with van der Waals surface area (Å²) in [4.78, 5) is 26.6. The lowest BCUT2D eigenvalue weighted by atomic mass is 10.1. The molecule has 0 bridgehead atoms. The number of benzene rings is 1. The summed E-state index contributed by atoms with van der Waals surface area (Å²) < 4.78 is 0. The Balaban J connectivity index is 1.95. The van der Waals surface area contributed by atoms with Crippen LogP contribution in [0.3, 0.4) is 0 Å². The first-order chi connectivity index (χ1) is 10.5. The predicted molar refractivity (Wildman–Crippen MR) is 84.9 cm³/mol. The Morgan fingerprint density at radius 1 is 1.27 bits per heavy atom. The molecule has 1 unspecified atom stereocenters. The molecule has 0 aliphatic carbocycles. The van der Waals surface area contributed by atoms with Gasteiger partial charge in [0.1, 0.15) is 5.56 Å². The highest BCUT2D eigenvalue weighted by Gasteiger charge is 2.14. The Morgan fingerprint density at radius 3 is 2.59 bits per heavy atom. The van der Waals surface area contributed by atoms with E-state index in [-0.39, 0.29) is 5.56 Å². The monoisotopic (exact) mass is 300 g/mol. The fourth-order valence-electron chi connectivity index (χ4n) is 2.39. The second kappa shape index (κ2) is 7.04. The summed E-state index contributed by atoms with van der Waals surface area (Å²) in [6, 6.07) is 11.0. The number of amides is 1. The normalized spacial score (nSPS) is 12.0. The van der Waals surface area contributed by atoms with Crippen molar-refractivity contribution in [3.8, 4) is 0 Å². The van der Waals surface area contributed by atoms with Crippen LogP contribution < -0.4 is 10.9 Å². The molecule has 0 aliphatic heterocycles. The van der Waals surface area contributed by atoms with Crippen molar-refractivity contribution < 1.29 is 9.90 Å². The van der Waals surface area contributed by atoms with E-state index in [9.17, 15) is 14.7 Å². The SMILES string of the molecule is Cc1cc(C)c(C(=O)NCCC(O)c2ccccc2)c(=O)[nH]1. The molecule has 0 saturated carbocycles. The van der Waals surface area contributed by atoms with Crippen molar-refractivity contribution in [3.05, 3.63) is 69.1 Å². The second-order valence-electron chi connectivity index (χ2n) is 5.31. The van der Waals surface area contributed by atoms with Crippen molar-refractivity contribution in [2.24, 2.45) is 0 Å². The van der Waals surface area contributed by atoms with E-state index in [1.807, 2.05) is 30.3 Å². The van der Waals surface area contributed by atoms with Crippen LogP contribution in [0, 0.1) is 13.8 Å². The third kappa shape index (κ3) is 3.83. The van der Waals surface area contributed by atoms with Gasteiger partial charge in [0.05, 0.1) is 6.10 Å². The van der Waals surface area contributed by atoms with Crippen LogP contribution in [0.15, 0.2) is 41.2 Å². The number of aromatic amines is 1. The molecule has 1 aromatic carbocycles. The number of aliphatic hydroxyl groups is 1. The van der Waals surface area contributed by atoms with Crippen LogP contribution in [0.5, 0.6) is 0 Å². The maximum atomic E-state index is 12.1. The van der Waals surface area contributed by atoms with E-state index in [0.717, 1.165) is 11.3 Å². The van der Waals surface area contributed by atoms with Crippen molar-refractivity contribution in [2.75, 3.05) is 6.54 Å². The van der Waals surface area contributed by atoms with Gasteiger partial charge in [-0.25, -0.2) is 0 Å². The van der Waals surface area contributed by atoms with E-state index < -0.39 is 17.6 Å². The van der Waals surface area contributed by atoms with Crippen LogP contribution in [0.25, 0.3) is 0 Å². The number of aromatic nitrogens is 1. The Kier molecular flexibility index (Phi) is 5.12. The zero-order valence-corrected chi connectivity index (χ0v) is 12.7. The zero-order valence-electron chi connectivity index (χ0n) is 12.7. The van der Waals surface area contributed by atoms with Crippen LogP contribution in [0.1, 0.15) is 39.7 Å². The van der Waals surface area contributed by atoms with Gasteiger partial charge in [0, 0.05) is 12.2 Å². The van der Waals surface area contributed by atoms with E-state index in [0.29, 0.717) is 18.5 Å². The van der Waals surface area contributed by atoms with Gasteiger partial charge in [-0.2, -0.15) is 0 Å². The quantitative estimate of drug-likeness (QED) is 0.788. The summed E-state index contributed by atoms with van der Waals surface area (Å²) >= 11 is 0. The van der Waals surface area contributed by atoms with Gasteiger partial charge in [0.25, 0.3) is 11.5 Å². The van der Waals surface area contributed by atoms with Gasteiger partial charge in [0.15, 0.2) is 0 Å². The maximum absolute atomic E-state index is 12.1. The molecule has 0 aliphatic rings. The smallest absolute Gasteiger partial charge is 0.261 e. The minimum atomic E-state index is -0.640. The van der Waals surface area contributed by atoms with Crippen LogP contribution in [0.4, 0.5) is 0 Å². The number of H-pyrrole nitrogens is 1. The van der Waals surface area contributed by atoms with Gasteiger partial charge >= 0.3 is 0 Å². The number of carbonyl (C=O) groups excluding carboxylic acids is 1. The molecule has 2 aromatic rings. The number of hydrogen-bond acceptors (Lipinski definition) is 3. The summed E-state index contributed by atoms with van der Waals surface area (Å²) in [6.07, 6.45) is -0.252. The van der Waals surface area contributed by atoms with Crippen LogP contribution >= 0.6 is 0 Å². The third-order valence-electron chi connectivity index (χ3n) is 3.48. The molecule has 1 amide bonds. The lowest BCUT2D eigenvalue weighted by molar-refractivity contribution is 0.0940. The highest BCUT2D eigenvalue weighted by Crippen LogP contribution is 2.15. The molecule has 0 spiro atoms. The number of aryl methyl sites for hydroxylation is 2. The first-order valence-corrected chi connectivity index (χ1v) is 7.20. The second-order valence-corrected chi connectivity index (χ2v) is 5.31. The number of hydrogen-bond donors (Lipinski definition) is 3. The highest BCUT2D eigenvalue weighted by molar-refractivity contribution is 5.95. The van der Waals surface area contributed by atoms with Crippen molar-refractivity contribution in [2.45, 2.75) is 26.4 Å². The molecule has 0 saturated heterocycles. The summed E-state index contributed by atoms with van der Waals surface area (Å²) in [7, 11) is 0. The lowest BCUT2D eigenvalue weighted by Gasteiger charge is -2.12. The van der Waals surface area contributed by atoms with Gasteiger partial charge < -0.3 is 15.4 Å². The summed E-state index contributed by atoms with van der Waals surface area (Å²) in [5.74, 6) is -0.418. The van der Waals surface area contributed by atoms with Crippen molar-refractivity contribution in [1.29, 1.82) is 0 Å². The van der Waals surface area contributed by atoms with Gasteiger partial charge in [-0.1, -0.05) is 30.3 Å². The molecule has 1 atom stereocenters. The summed E-state index contributed by atoms with van der Waals surface area (Å²) in [5.41, 5.74) is 1.90. The van der Waals surface area contributed by atoms with Crippen LogP contribution in [0.2, 0.25) is 0 Å². The number of nitrogens with one attached hydrogen (secondary N) is 2. The van der Waals surface area contributed by atoms with Crippen LogP contribution in [-0.4, -0.2) is 22.5 Å². The lowest BCUT2D eigenvalue weighted by Crippen LogP contribution is -2.32. The number of aliphatic hydroxyl groups excluding tert-OH is 1. The third-order valence-corrected chi connectivity index (χ3v) is 3.48. The molecular weight excluding hydrogens is 280 g/mol. The molecule has 2 rings (SSSR count). The van der Waals surface area contributed by atoms with Crippen molar-refractivity contribution >= 4 is 5.91 Å². The van der Waals surface area contributed by atoms with Crippen LogP contribution in [-0.2, 0) is 0 Å². The predicted octanol–water partition coefficient (Wildman–Crippen LogP) is 1.85. The fraction of sp³-hybridized carbons (Fsp3) is 0.294. The maximum Gasteiger partial charge on any atom is 0.261 e. The summed E-state index contributed by atoms with van der Waals surface area (Å²) in [6.45, 7) is 3.80. The first-order valence-electron chi connectivity index (χ1n) is 7.20. The minimum absolute atomic E-state index is 0.125. The molecule has 1 aromatic heterocycles. The first kappa shape index (κ1) is 16.0. The largest absolute Gasteiger partial charge is 0.388 e. The topological polar surface area (TPSA) is 82.2 Å². The minimum Gasteiger partial charge on any atom is -0.388 e. The molecule has 3 N–H and O–H groups in total. The molecule has 0 radical (unpaired) electrons. The molecule has 22 heavy (non-hydrogen) atoms. The van der Waals surface area contributed by atoms with Crippen molar-refractivity contribution in [3.63, 3.8) is 0 Å². The summed E-state index contributed by atoms with van der Waals surface area (Å²) in [5, 5.41) is 12.7. The van der Waals surface area contributed by atoms with E-state index in [4.69, 9.17) is 0 Å². The fourth-order valence-corrected chi connectivity index (χ4v) is 2.39. The van der Waals surface area contributed by atoms with E-state index in [2.05, 4.69) is 10.3 Å². The van der Waals surface area contributed by atoms with Gasteiger partial charge in [-0.05, 0) is 37.5 Å². The molecule has 5 heteroatoms. The Morgan fingerprint density at radius 2 is 1.95 bits per heavy atom. The number of pyridine rings is 1. The zero-order chi connectivity index (χ0) is 16.1. The van der Waals surface area contributed by atoms with E-state index in [1.54, 1.807) is 19.9 Å². The van der Waals surface area contributed by atoms with Gasteiger partial charge in [-0.3, -0.25) is 9.59 Å². The average Bonchev–Trinajstić information content (AvgIpc) is 2.47. The molecular formula is C17H20N2O3. The average molecular weight is 300 g/mol. The van der Waals surface area contributed by atoms with E-state index in [1.165, 1.54) is 0 Å². The van der Waals surface area contributed by atoms with E-state index >= 15 is 0 Å². The molecule has 0 fully saturated rings. The Bertz CT molecular complexity index is 708.